The van der Waals surface area contributed by atoms with Crippen molar-refractivity contribution in [1.82, 2.24) is 9.78 Å². The Bertz CT molecular complexity index is 603. The highest BCUT2D eigenvalue weighted by Crippen LogP contribution is 2.24. The fourth-order valence-corrected chi connectivity index (χ4v) is 1.69. The number of halogens is 3. The smallest absolute Gasteiger partial charge is 0.422 e. The molecule has 0 amide bonds. The molecule has 1 aromatic heterocycles. The van der Waals surface area contributed by atoms with Gasteiger partial charge in [-0.15, -0.1) is 0 Å². The fraction of sp³-hybridized carbons (Fsp3) is 0.231. The lowest BCUT2D eigenvalue weighted by Crippen LogP contribution is -2.19. The average molecular weight is 284 g/mol. The van der Waals surface area contributed by atoms with Crippen LogP contribution in [0.25, 0.3) is 11.3 Å². The van der Waals surface area contributed by atoms with Crippen LogP contribution in [0, 0.1) is 0 Å². The van der Waals surface area contributed by atoms with Gasteiger partial charge in [0.2, 0.25) is 0 Å². The van der Waals surface area contributed by atoms with Crippen molar-refractivity contribution in [3.05, 3.63) is 36.0 Å². The lowest BCUT2D eigenvalue weighted by molar-refractivity contribution is -0.153. The topological polar surface area (TPSA) is 44.1 Å². The molecule has 0 radical (unpaired) electrons. The van der Waals surface area contributed by atoms with Crippen LogP contribution in [0.1, 0.15) is 10.4 Å². The Morgan fingerprint density at radius 3 is 2.50 bits per heavy atom. The Kier molecular flexibility index (Phi) is 3.78. The Labute approximate surface area is 112 Å². The number of aromatic nitrogens is 2. The van der Waals surface area contributed by atoms with Gasteiger partial charge in [0.1, 0.15) is 11.4 Å². The molecule has 0 aliphatic heterocycles. The van der Waals surface area contributed by atoms with Gasteiger partial charge in [-0.25, -0.2) is 0 Å². The molecule has 0 aliphatic carbocycles. The molecule has 1 aromatic carbocycles. The summed E-state index contributed by atoms with van der Waals surface area (Å²) in [6.07, 6.45) is -2.13. The summed E-state index contributed by atoms with van der Waals surface area (Å²) in [5, 5.41) is 4.13. The van der Waals surface area contributed by atoms with Gasteiger partial charge in [-0.3, -0.25) is 9.48 Å². The van der Waals surface area contributed by atoms with Crippen molar-refractivity contribution in [2.75, 3.05) is 6.61 Å². The third-order valence-corrected chi connectivity index (χ3v) is 2.51. The van der Waals surface area contributed by atoms with E-state index in [4.69, 9.17) is 0 Å². The normalized spacial score (nSPS) is 11.4. The molecular formula is C13H11F3N2O2. The maximum atomic E-state index is 12.0. The number of hydrogen-bond acceptors (Lipinski definition) is 3. The quantitative estimate of drug-likeness (QED) is 0.811. The number of alkyl halides is 3. The Morgan fingerprint density at radius 1 is 1.30 bits per heavy atom. The lowest BCUT2D eigenvalue weighted by Gasteiger charge is -2.09. The first-order chi connectivity index (χ1) is 9.39. The molecule has 0 aliphatic rings. The summed E-state index contributed by atoms with van der Waals surface area (Å²) in [5.74, 6) is 0.106. The molecule has 2 aromatic rings. The van der Waals surface area contributed by atoms with E-state index in [1.807, 2.05) is 0 Å². The Morgan fingerprint density at radius 2 is 1.95 bits per heavy atom. The van der Waals surface area contributed by atoms with E-state index >= 15 is 0 Å². The lowest BCUT2D eigenvalue weighted by atomic mass is 10.1. The first-order valence-electron chi connectivity index (χ1n) is 5.68. The summed E-state index contributed by atoms with van der Waals surface area (Å²) in [5.41, 5.74) is 1.52. The standard InChI is InChI=1S/C13H11F3N2O2/c1-18-6-10(7-19)12(17-18)9-2-4-11(5-3-9)20-8-13(14,15)16/h2-7H,8H2,1H3. The van der Waals surface area contributed by atoms with Crippen LogP contribution in [-0.4, -0.2) is 28.8 Å². The van der Waals surface area contributed by atoms with Crippen LogP contribution >= 0.6 is 0 Å². The van der Waals surface area contributed by atoms with Gasteiger partial charge >= 0.3 is 6.18 Å². The van der Waals surface area contributed by atoms with Crippen molar-refractivity contribution in [3.8, 4) is 17.0 Å². The van der Waals surface area contributed by atoms with Gasteiger partial charge in [0, 0.05) is 18.8 Å². The highest BCUT2D eigenvalue weighted by molar-refractivity contribution is 5.85. The molecule has 0 atom stereocenters. The minimum absolute atomic E-state index is 0.106. The van der Waals surface area contributed by atoms with Gasteiger partial charge in [0.25, 0.3) is 0 Å². The van der Waals surface area contributed by atoms with Crippen LogP contribution in [0.4, 0.5) is 13.2 Å². The molecule has 0 fully saturated rings. The minimum atomic E-state index is -4.37. The number of nitrogens with zero attached hydrogens (tertiary/aromatic N) is 2. The van der Waals surface area contributed by atoms with Gasteiger partial charge in [0.05, 0.1) is 5.56 Å². The van der Waals surface area contributed by atoms with Crippen molar-refractivity contribution < 1.29 is 22.7 Å². The molecular weight excluding hydrogens is 273 g/mol. The van der Waals surface area contributed by atoms with E-state index < -0.39 is 12.8 Å². The number of carbonyl (C=O) groups excluding carboxylic acids is 1. The molecule has 20 heavy (non-hydrogen) atoms. The molecule has 0 bridgehead atoms. The van der Waals surface area contributed by atoms with Crippen LogP contribution in [0.15, 0.2) is 30.5 Å². The Hall–Kier alpha value is -2.31. The van der Waals surface area contributed by atoms with E-state index in [-0.39, 0.29) is 5.75 Å². The van der Waals surface area contributed by atoms with Gasteiger partial charge in [-0.05, 0) is 24.3 Å². The van der Waals surface area contributed by atoms with Crippen LogP contribution in [0.5, 0.6) is 5.75 Å². The fourth-order valence-electron chi connectivity index (χ4n) is 1.69. The number of carbonyl (C=O) groups is 1. The molecule has 7 heteroatoms. The summed E-state index contributed by atoms with van der Waals surface area (Å²) in [7, 11) is 1.68. The SMILES string of the molecule is Cn1cc(C=O)c(-c2ccc(OCC(F)(F)F)cc2)n1. The van der Waals surface area contributed by atoms with E-state index in [2.05, 4.69) is 9.84 Å². The minimum Gasteiger partial charge on any atom is -0.484 e. The zero-order valence-electron chi connectivity index (χ0n) is 10.5. The van der Waals surface area contributed by atoms with Gasteiger partial charge < -0.3 is 4.74 Å². The molecule has 2 rings (SSSR count). The van der Waals surface area contributed by atoms with E-state index in [9.17, 15) is 18.0 Å². The number of aldehydes is 1. The molecule has 0 unspecified atom stereocenters. The van der Waals surface area contributed by atoms with Crippen LogP contribution in [-0.2, 0) is 7.05 Å². The molecule has 0 saturated carbocycles. The van der Waals surface area contributed by atoms with Gasteiger partial charge in [-0.2, -0.15) is 18.3 Å². The van der Waals surface area contributed by atoms with E-state index in [1.165, 1.54) is 16.8 Å². The molecule has 0 spiro atoms. The largest absolute Gasteiger partial charge is 0.484 e. The number of benzene rings is 1. The predicted molar refractivity (Wildman–Crippen MR) is 65.6 cm³/mol. The van der Waals surface area contributed by atoms with Crippen LogP contribution in [0.2, 0.25) is 0 Å². The first-order valence-corrected chi connectivity index (χ1v) is 5.68. The van der Waals surface area contributed by atoms with E-state index in [0.29, 0.717) is 23.1 Å². The number of rotatable bonds is 4. The van der Waals surface area contributed by atoms with Crippen LogP contribution in [0.3, 0.4) is 0 Å². The second-order valence-electron chi connectivity index (χ2n) is 4.15. The zero-order chi connectivity index (χ0) is 14.8. The third kappa shape index (κ3) is 3.37. The van der Waals surface area contributed by atoms with Crippen molar-refractivity contribution in [2.24, 2.45) is 7.05 Å². The Balaban J connectivity index is 2.17. The monoisotopic (exact) mass is 284 g/mol. The number of ether oxygens (including phenoxy) is 1. The van der Waals surface area contributed by atoms with E-state index in [0.717, 1.165) is 0 Å². The number of hydrogen-bond donors (Lipinski definition) is 0. The average Bonchev–Trinajstić information content (AvgIpc) is 2.77. The summed E-state index contributed by atoms with van der Waals surface area (Å²) >= 11 is 0. The van der Waals surface area contributed by atoms with Crippen molar-refractivity contribution in [1.29, 1.82) is 0 Å². The van der Waals surface area contributed by atoms with Crippen molar-refractivity contribution >= 4 is 6.29 Å². The summed E-state index contributed by atoms with van der Waals surface area (Å²) in [6.45, 7) is -1.34. The molecule has 4 nitrogen and oxygen atoms in total. The molecule has 106 valence electrons. The zero-order valence-corrected chi connectivity index (χ0v) is 10.5. The molecule has 0 N–H and O–H groups in total. The maximum absolute atomic E-state index is 12.0. The highest BCUT2D eigenvalue weighted by Gasteiger charge is 2.28. The molecule has 1 heterocycles. The molecule has 0 saturated heterocycles. The first kappa shape index (κ1) is 14.1. The van der Waals surface area contributed by atoms with Crippen molar-refractivity contribution in [2.45, 2.75) is 6.18 Å². The second kappa shape index (κ2) is 5.36. The van der Waals surface area contributed by atoms with Crippen LogP contribution < -0.4 is 4.74 Å². The van der Waals surface area contributed by atoms with Crippen molar-refractivity contribution in [3.63, 3.8) is 0 Å². The third-order valence-electron chi connectivity index (χ3n) is 2.51. The second-order valence-corrected chi connectivity index (χ2v) is 4.15. The van der Waals surface area contributed by atoms with Gasteiger partial charge in [-0.1, -0.05) is 0 Å². The maximum Gasteiger partial charge on any atom is 0.422 e. The summed E-state index contributed by atoms with van der Waals surface area (Å²) < 4.78 is 42.1. The highest BCUT2D eigenvalue weighted by atomic mass is 19.4. The van der Waals surface area contributed by atoms with E-state index in [1.54, 1.807) is 25.4 Å². The van der Waals surface area contributed by atoms with Gasteiger partial charge in [0.15, 0.2) is 12.9 Å². The summed E-state index contributed by atoms with van der Waals surface area (Å²) in [6, 6.07) is 5.93. The summed E-state index contributed by atoms with van der Waals surface area (Å²) in [4.78, 5) is 10.9. The number of aryl methyl sites for hydroxylation is 1. The predicted octanol–water partition coefficient (Wildman–Crippen LogP) is 2.84.